The predicted molar refractivity (Wildman–Crippen MR) is 93.9 cm³/mol. The van der Waals surface area contributed by atoms with E-state index in [9.17, 15) is 4.79 Å². The van der Waals surface area contributed by atoms with Crippen molar-refractivity contribution in [3.63, 3.8) is 0 Å². The van der Waals surface area contributed by atoms with Gasteiger partial charge in [0.25, 0.3) is 5.91 Å². The number of carbonyl (C=O) groups excluding carboxylic acids is 1. The molecule has 3 rings (SSSR count). The summed E-state index contributed by atoms with van der Waals surface area (Å²) in [4.78, 5) is 16.9. The highest BCUT2D eigenvalue weighted by atomic mass is 16.5. The van der Waals surface area contributed by atoms with E-state index in [1.165, 1.54) is 0 Å². The highest BCUT2D eigenvalue weighted by molar-refractivity contribution is 6.08. The standard InChI is InChI=1S/C19H18N2O3/c1-3-24-17-12-14(9-10-16(17)23-2)19(22)21-15-8-4-6-13-7-5-11-20-18(13)15/h4-12H,3H2,1-2H3,(H,21,22). The van der Waals surface area contributed by atoms with E-state index in [0.29, 0.717) is 29.4 Å². The van der Waals surface area contributed by atoms with Gasteiger partial charge in [-0.25, -0.2) is 0 Å². The Bertz CT molecular complexity index is 872. The average molecular weight is 322 g/mol. The number of rotatable bonds is 5. The van der Waals surface area contributed by atoms with Gasteiger partial charge in [0.15, 0.2) is 11.5 Å². The number of aromatic nitrogens is 1. The molecule has 0 fully saturated rings. The number of hydrogen-bond acceptors (Lipinski definition) is 4. The molecule has 0 saturated heterocycles. The quantitative estimate of drug-likeness (QED) is 0.774. The van der Waals surface area contributed by atoms with Gasteiger partial charge in [0, 0.05) is 17.1 Å². The van der Waals surface area contributed by atoms with Crippen LogP contribution in [0.25, 0.3) is 10.9 Å². The van der Waals surface area contributed by atoms with Gasteiger partial charge in [-0.3, -0.25) is 9.78 Å². The lowest BCUT2D eigenvalue weighted by Gasteiger charge is -2.12. The third kappa shape index (κ3) is 3.15. The van der Waals surface area contributed by atoms with Gasteiger partial charge in [-0.05, 0) is 37.3 Å². The molecule has 0 spiro atoms. The number of amides is 1. The molecule has 0 bridgehead atoms. The van der Waals surface area contributed by atoms with E-state index < -0.39 is 0 Å². The van der Waals surface area contributed by atoms with Crippen LogP contribution in [0.15, 0.2) is 54.7 Å². The fourth-order valence-corrected chi connectivity index (χ4v) is 2.49. The van der Waals surface area contributed by atoms with Crippen molar-refractivity contribution in [2.24, 2.45) is 0 Å². The highest BCUT2D eigenvalue weighted by Gasteiger charge is 2.12. The largest absolute Gasteiger partial charge is 0.493 e. The molecular weight excluding hydrogens is 304 g/mol. The maximum atomic E-state index is 12.6. The zero-order valence-electron chi connectivity index (χ0n) is 13.6. The molecule has 122 valence electrons. The first-order valence-electron chi connectivity index (χ1n) is 7.69. The van der Waals surface area contributed by atoms with Gasteiger partial charge in [0.1, 0.15) is 0 Å². The van der Waals surface area contributed by atoms with Gasteiger partial charge < -0.3 is 14.8 Å². The van der Waals surface area contributed by atoms with Crippen molar-refractivity contribution in [1.29, 1.82) is 0 Å². The second kappa shape index (κ2) is 7.00. The van der Waals surface area contributed by atoms with Crippen LogP contribution < -0.4 is 14.8 Å². The van der Waals surface area contributed by atoms with Crippen molar-refractivity contribution in [3.05, 3.63) is 60.3 Å². The SMILES string of the molecule is CCOc1cc(C(=O)Nc2cccc3cccnc23)ccc1OC. The number of hydrogen-bond donors (Lipinski definition) is 1. The lowest BCUT2D eigenvalue weighted by Crippen LogP contribution is -2.12. The highest BCUT2D eigenvalue weighted by Crippen LogP contribution is 2.29. The number of ether oxygens (including phenoxy) is 2. The van der Waals surface area contributed by atoms with Crippen molar-refractivity contribution < 1.29 is 14.3 Å². The molecule has 5 heteroatoms. The first kappa shape index (κ1) is 15.8. The third-order valence-electron chi connectivity index (χ3n) is 3.61. The minimum absolute atomic E-state index is 0.225. The molecule has 2 aromatic carbocycles. The normalized spacial score (nSPS) is 10.4. The molecule has 0 aliphatic heterocycles. The number of methoxy groups -OCH3 is 1. The summed E-state index contributed by atoms with van der Waals surface area (Å²) in [5, 5.41) is 3.88. The fraction of sp³-hybridized carbons (Fsp3) is 0.158. The van der Waals surface area contributed by atoms with Crippen molar-refractivity contribution in [1.82, 2.24) is 4.98 Å². The van der Waals surface area contributed by atoms with Crippen LogP contribution in [0.3, 0.4) is 0 Å². The van der Waals surface area contributed by atoms with Gasteiger partial charge in [0.2, 0.25) is 0 Å². The molecule has 1 heterocycles. The first-order chi connectivity index (χ1) is 11.7. The first-order valence-corrected chi connectivity index (χ1v) is 7.69. The van der Waals surface area contributed by atoms with Crippen molar-refractivity contribution in [3.8, 4) is 11.5 Å². The number of para-hydroxylation sites is 1. The molecule has 0 radical (unpaired) electrons. The van der Waals surface area contributed by atoms with Crippen LogP contribution in [-0.4, -0.2) is 24.6 Å². The number of fused-ring (bicyclic) bond motifs is 1. The number of pyridine rings is 1. The monoisotopic (exact) mass is 322 g/mol. The average Bonchev–Trinajstić information content (AvgIpc) is 2.62. The Morgan fingerprint density at radius 2 is 1.96 bits per heavy atom. The Labute approximate surface area is 140 Å². The van der Waals surface area contributed by atoms with E-state index in [0.717, 1.165) is 10.9 Å². The summed E-state index contributed by atoms with van der Waals surface area (Å²) in [6.07, 6.45) is 1.71. The summed E-state index contributed by atoms with van der Waals surface area (Å²) in [7, 11) is 1.57. The zero-order valence-corrected chi connectivity index (χ0v) is 13.6. The Kier molecular flexibility index (Phi) is 4.61. The van der Waals surface area contributed by atoms with Gasteiger partial charge >= 0.3 is 0 Å². The van der Waals surface area contributed by atoms with Gasteiger partial charge in [0.05, 0.1) is 24.9 Å². The summed E-state index contributed by atoms with van der Waals surface area (Å²) in [5.74, 6) is 0.917. The third-order valence-corrected chi connectivity index (χ3v) is 3.61. The van der Waals surface area contributed by atoms with Crippen LogP contribution in [0.5, 0.6) is 11.5 Å². The summed E-state index contributed by atoms with van der Waals surface area (Å²) in [5.41, 5.74) is 1.92. The Hall–Kier alpha value is -3.08. The molecule has 0 aliphatic rings. The second-order valence-electron chi connectivity index (χ2n) is 5.13. The molecule has 1 amide bonds. The number of carbonyl (C=O) groups is 1. The van der Waals surface area contributed by atoms with E-state index in [1.54, 1.807) is 31.5 Å². The van der Waals surface area contributed by atoms with E-state index in [-0.39, 0.29) is 5.91 Å². The number of nitrogens with one attached hydrogen (secondary N) is 1. The topological polar surface area (TPSA) is 60.5 Å². The van der Waals surface area contributed by atoms with E-state index in [2.05, 4.69) is 10.3 Å². The molecule has 3 aromatic rings. The predicted octanol–water partition coefficient (Wildman–Crippen LogP) is 3.89. The summed E-state index contributed by atoms with van der Waals surface area (Å²) < 4.78 is 10.8. The maximum Gasteiger partial charge on any atom is 0.255 e. The lowest BCUT2D eigenvalue weighted by atomic mass is 10.1. The Balaban J connectivity index is 1.90. The maximum absolute atomic E-state index is 12.6. The molecule has 1 aromatic heterocycles. The number of benzene rings is 2. The summed E-state index contributed by atoms with van der Waals surface area (Å²) in [6.45, 7) is 2.38. The molecule has 0 atom stereocenters. The lowest BCUT2D eigenvalue weighted by molar-refractivity contribution is 0.102. The van der Waals surface area contributed by atoms with Crippen molar-refractivity contribution >= 4 is 22.5 Å². The van der Waals surface area contributed by atoms with Crippen LogP contribution in [0.2, 0.25) is 0 Å². The fourth-order valence-electron chi connectivity index (χ4n) is 2.49. The smallest absolute Gasteiger partial charge is 0.255 e. The van der Waals surface area contributed by atoms with E-state index in [4.69, 9.17) is 9.47 Å². The second-order valence-corrected chi connectivity index (χ2v) is 5.13. The molecule has 0 aliphatic carbocycles. The molecule has 24 heavy (non-hydrogen) atoms. The summed E-state index contributed by atoms with van der Waals surface area (Å²) >= 11 is 0. The number of anilines is 1. The molecule has 5 nitrogen and oxygen atoms in total. The van der Waals surface area contributed by atoms with E-state index >= 15 is 0 Å². The van der Waals surface area contributed by atoms with Crippen LogP contribution in [0, 0.1) is 0 Å². The molecule has 0 unspecified atom stereocenters. The van der Waals surface area contributed by atoms with Crippen LogP contribution >= 0.6 is 0 Å². The Morgan fingerprint density at radius 1 is 1.12 bits per heavy atom. The Morgan fingerprint density at radius 3 is 2.75 bits per heavy atom. The van der Waals surface area contributed by atoms with Crippen LogP contribution in [0.4, 0.5) is 5.69 Å². The zero-order chi connectivity index (χ0) is 16.9. The van der Waals surface area contributed by atoms with Gasteiger partial charge in [-0.15, -0.1) is 0 Å². The van der Waals surface area contributed by atoms with E-state index in [1.807, 2.05) is 37.3 Å². The van der Waals surface area contributed by atoms with Gasteiger partial charge in [-0.2, -0.15) is 0 Å². The van der Waals surface area contributed by atoms with Gasteiger partial charge in [-0.1, -0.05) is 18.2 Å². The van der Waals surface area contributed by atoms with Crippen LogP contribution in [-0.2, 0) is 0 Å². The minimum atomic E-state index is -0.225. The molecule has 1 N–H and O–H groups in total. The number of nitrogens with zero attached hydrogens (tertiary/aromatic N) is 1. The molecule has 0 saturated carbocycles. The van der Waals surface area contributed by atoms with Crippen LogP contribution in [0.1, 0.15) is 17.3 Å². The van der Waals surface area contributed by atoms with Crippen molar-refractivity contribution in [2.45, 2.75) is 6.92 Å². The van der Waals surface area contributed by atoms with Crippen molar-refractivity contribution in [2.75, 3.05) is 19.0 Å². The molecular formula is C19H18N2O3. The summed E-state index contributed by atoms with van der Waals surface area (Å²) in [6, 6.07) is 14.6. The minimum Gasteiger partial charge on any atom is -0.493 e.